The number of rotatable bonds is 2. The van der Waals surface area contributed by atoms with Gasteiger partial charge in [-0.05, 0) is 64.6 Å². The van der Waals surface area contributed by atoms with Crippen molar-refractivity contribution in [3.05, 3.63) is 61.7 Å². The molecule has 3 nitrogen and oxygen atoms in total. The van der Waals surface area contributed by atoms with Gasteiger partial charge in [0, 0.05) is 27.4 Å². The smallest absolute Gasteiger partial charge is 0.231 e. The number of ketones is 1. The molecule has 2 aromatic carbocycles. The van der Waals surface area contributed by atoms with E-state index in [1.807, 2.05) is 12.1 Å². The fraction of sp³-hybridized carbons (Fsp3) is 0.125. The minimum absolute atomic E-state index is 0.0481. The summed E-state index contributed by atoms with van der Waals surface area (Å²) in [4.78, 5) is 25.8. The Morgan fingerprint density at radius 2 is 1.86 bits per heavy atom. The lowest BCUT2D eigenvalue weighted by Gasteiger charge is -2.10. The summed E-state index contributed by atoms with van der Waals surface area (Å²) >= 11 is 8.19. The van der Waals surface area contributed by atoms with Gasteiger partial charge in [0.2, 0.25) is 5.91 Å². The Morgan fingerprint density at radius 3 is 2.57 bits per heavy atom. The standard InChI is InChI=1S/C16H11ClINO2/c1-19-14-5-3-9(6-11(14)8-15(19)20)16(21)10-2-4-13(18)12(17)7-10/h2-7H,8H2,1H3. The summed E-state index contributed by atoms with van der Waals surface area (Å²) in [7, 11) is 1.74. The number of fused-ring (bicyclic) bond motifs is 1. The Morgan fingerprint density at radius 1 is 1.19 bits per heavy atom. The summed E-state index contributed by atoms with van der Waals surface area (Å²) < 4.78 is 0.909. The third-order valence-corrected chi connectivity index (χ3v) is 5.17. The van der Waals surface area contributed by atoms with Crippen LogP contribution in [0.5, 0.6) is 0 Å². The van der Waals surface area contributed by atoms with Crippen LogP contribution in [0, 0.1) is 3.57 Å². The van der Waals surface area contributed by atoms with Gasteiger partial charge in [-0.2, -0.15) is 0 Å². The molecule has 0 bridgehead atoms. The van der Waals surface area contributed by atoms with Gasteiger partial charge in [0.15, 0.2) is 5.78 Å². The monoisotopic (exact) mass is 411 g/mol. The fourth-order valence-electron chi connectivity index (χ4n) is 2.42. The van der Waals surface area contributed by atoms with E-state index in [2.05, 4.69) is 22.6 Å². The van der Waals surface area contributed by atoms with Crippen molar-refractivity contribution in [2.24, 2.45) is 0 Å². The lowest BCUT2D eigenvalue weighted by atomic mass is 10.0. The van der Waals surface area contributed by atoms with E-state index in [1.165, 1.54) is 0 Å². The Labute approximate surface area is 141 Å². The van der Waals surface area contributed by atoms with E-state index < -0.39 is 0 Å². The summed E-state index contributed by atoms with van der Waals surface area (Å²) in [5, 5.41) is 0.567. The number of hydrogen-bond donors (Lipinski definition) is 0. The van der Waals surface area contributed by atoms with Gasteiger partial charge in [-0.1, -0.05) is 11.6 Å². The second-order valence-electron chi connectivity index (χ2n) is 4.93. The molecule has 0 unspecified atom stereocenters. The van der Waals surface area contributed by atoms with E-state index in [9.17, 15) is 9.59 Å². The number of hydrogen-bond acceptors (Lipinski definition) is 2. The van der Waals surface area contributed by atoms with Crippen molar-refractivity contribution in [2.75, 3.05) is 11.9 Å². The lowest BCUT2D eigenvalue weighted by molar-refractivity contribution is -0.117. The highest BCUT2D eigenvalue weighted by atomic mass is 127. The lowest BCUT2D eigenvalue weighted by Crippen LogP contribution is -2.20. The minimum Gasteiger partial charge on any atom is -0.315 e. The maximum absolute atomic E-state index is 12.5. The van der Waals surface area contributed by atoms with Crippen LogP contribution in [0.25, 0.3) is 0 Å². The molecule has 1 aliphatic heterocycles. The van der Waals surface area contributed by atoms with Gasteiger partial charge in [0.05, 0.1) is 11.4 Å². The molecule has 0 aliphatic carbocycles. The normalized spacial score (nSPS) is 13.5. The van der Waals surface area contributed by atoms with Crippen LogP contribution in [0.15, 0.2) is 36.4 Å². The molecule has 0 aromatic heterocycles. The average Bonchev–Trinajstić information content (AvgIpc) is 2.76. The van der Waals surface area contributed by atoms with Crippen LogP contribution in [0.3, 0.4) is 0 Å². The van der Waals surface area contributed by atoms with Crippen LogP contribution in [0.2, 0.25) is 5.02 Å². The van der Waals surface area contributed by atoms with E-state index in [4.69, 9.17) is 11.6 Å². The summed E-state index contributed by atoms with van der Waals surface area (Å²) in [6, 6.07) is 10.6. The molecule has 106 valence electrons. The van der Waals surface area contributed by atoms with Crippen molar-refractivity contribution < 1.29 is 9.59 Å². The van der Waals surface area contributed by atoms with Crippen molar-refractivity contribution >= 4 is 51.6 Å². The molecule has 0 N–H and O–H groups in total. The van der Waals surface area contributed by atoms with Gasteiger partial charge >= 0.3 is 0 Å². The Balaban J connectivity index is 1.98. The second-order valence-corrected chi connectivity index (χ2v) is 6.50. The molecule has 0 saturated heterocycles. The van der Waals surface area contributed by atoms with Crippen molar-refractivity contribution in [3.8, 4) is 0 Å². The molecule has 1 aliphatic rings. The maximum Gasteiger partial charge on any atom is 0.231 e. The molecule has 0 atom stereocenters. The number of carbonyl (C=O) groups is 2. The van der Waals surface area contributed by atoms with Gasteiger partial charge in [-0.15, -0.1) is 0 Å². The van der Waals surface area contributed by atoms with Crippen molar-refractivity contribution in [3.63, 3.8) is 0 Å². The molecule has 0 saturated carbocycles. The number of benzene rings is 2. The minimum atomic E-state index is -0.0851. The Hall–Kier alpha value is -1.40. The SMILES string of the molecule is CN1C(=O)Cc2cc(C(=O)c3ccc(I)c(Cl)c3)ccc21. The maximum atomic E-state index is 12.5. The summed E-state index contributed by atoms with van der Waals surface area (Å²) in [5.74, 6) is -0.0370. The molecule has 3 rings (SSSR count). The number of anilines is 1. The summed E-state index contributed by atoms with van der Waals surface area (Å²) in [6.07, 6.45) is 0.348. The second kappa shape index (κ2) is 5.42. The quantitative estimate of drug-likeness (QED) is 0.558. The predicted molar refractivity (Wildman–Crippen MR) is 91.2 cm³/mol. The number of likely N-dealkylation sites (N-methyl/N-ethyl adjacent to an activating group) is 1. The van der Waals surface area contributed by atoms with E-state index in [1.54, 1.807) is 36.2 Å². The van der Waals surface area contributed by atoms with Gasteiger partial charge in [-0.3, -0.25) is 9.59 Å². The van der Waals surface area contributed by atoms with Crippen molar-refractivity contribution in [1.82, 2.24) is 0 Å². The Bertz CT molecular complexity index is 773. The molecule has 5 heteroatoms. The van der Waals surface area contributed by atoms with E-state index >= 15 is 0 Å². The molecule has 2 aromatic rings. The molecule has 1 heterocycles. The van der Waals surface area contributed by atoms with Crippen molar-refractivity contribution in [1.29, 1.82) is 0 Å². The molecule has 0 radical (unpaired) electrons. The third kappa shape index (κ3) is 2.58. The first-order valence-electron chi connectivity index (χ1n) is 6.36. The number of amides is 1. The van der Waals surface area contributed by atoms with E-state index in [0.29, 0.717) is 22.6 Å². The van der Waals surface area contributed by atoms with Gasteiger partial charge in [0.1, 0.15) is 0 Å². The topological polar surface area (TPSA) is 37.4 Å². The van der Waals surface area contributed by atoms with Crippen LogP contribution in [-0.2, 0) is 11.2 Å². The largest absolute Gasteiger partial charge is 0.315 e. The highest BCUT2D eigenvalue weighted by Crippen LogP contribution is 2.29. The van der Waals surface area contributed by atoms with Crippen LogP contribution in [0.4, 0.5) is 5.69 Å². The zero-order valence-corrected chi connectivity index (χ0v) is 14.1. The van der Waals surface area contributed by atoms with E-state index in [-0.39, 0.29) is 11.7 Å². The first kappa shape index (κ1) is 14.5. The molecular formula is C16H11ClINO2. The predicted octanol–water partition coefficient (Wildman–Crippen LogP) is 3.69. The summed E-state index contributed by atoms with van der Waals surface area (Å²) in [5.41, 5.74) is 2.90. The zero-order valence-electron chi connectivity index (χ0n) is 11.2. The highest BCUT2D eigenvalue weighted by Gasteiger charge is 2.25. The molecule has 0 fully saturated rings. The van der Waals surface area contributed by atoms with Gasteiger partial charge in [-0.25, -0.2) is 0 Å². The van der Waals surface area contributed by atoms with Crippen LogP contribution in [0.1, 0.15) is 21.5 Å². The zero-order chi connectivity index (χ0) is 15.1. The first-order valence-corrected chi connectivity index (χ1v) is 7.82. The summed E-state index contributed by atoms with van der Waals surface area (Å²) in [6.45, 7) is 0. The van der Waals surface area contributed by atoms with Crippen LogP contribution in [-0.4, -0.2) is 18.7 Å². The number of nitrogens with zero attached hydrogens (tertiary/aromatic N) is 1. The van der Waals surface area contributed by atoms with Crippen LogP contribution < -0.4 is 4.90 Å². The molecule has 21 heavy (non-hydrogen) atoms. The van der Waals surface area contributed by atoms with Crippen molar-refractivity contribution in [2.45, 2.75) is 6.42 Å². The van der Waals surface area contributed by atoms with Gasteiger partial charge in [0.25, 0.3) is 0 Å². The van der Waals surface area contributed by atoms with Gasteiger partial charge < -0.3 is 4.90 Å². The Kier molecular flexibility index (Phi) is 3.75. The number of halogens is 2. The fourth-order valence-corrected chi connectivity index (χ4v) is 2.93. The highest BCUT2D eigenvalue weighted by molar-refractivity contribution is 14.1. The van der Waals surface area contributed by atoms with Crippen LogP contribution >= 0.6 is 34.2 Å². The third-order valence-electron chi connectivity index (χ3n) is 3.60. The average molecular weight is 412 g/mol. The molecule has 1 amide bonds. The molecular weight excluding hydrogens is 401 g/mol. The number of carbonyl (C=O) groups excluding carboxylic acids is 2. The first-order chi connectivity index (χ1) is 9.97. The van der Waals surface area contributed by atoms with E-state index in [0.717, 1.165) is 14.8 Å². The molecule has 0 spiro atoms.